The summed E-state index contributed by atoms with van der Waals surface area (Å²) in [7, 11) is 1.58. The van der Waals surface area contributed by atoms with Gasteiger partial charge in [0.1, 0.15) is 39.9 Å². The number of carboxylic acids is 1. The highest BCUT2D eigenvalue weighted by Gasteiger charge is 2.46. The molecule has 4 aromatic rings. The van der Waals surface area contributed by atoms with Gasteiger partial charge < -0.3 is 19.3 Å². The van der Waals surface area contributed by atoms with E-state index in [-0.39, 0.29) is 25.5 Å². The van der Waals surface area contributed by atoms with E-state index in [0.29, 0.717) is 65.4 Å². The Labute approximate surface area is 245 Å². The van der Waals surface area contributed by atoms with Crippen molar-refractivity contribution in [3.05, 3.63) is 68.9 Å². The summed E-state index contributed by atoms with van der Waals surface area (Å²) in [5.41, 5.74) is -1.53. The van der Waals surface area contributed by atoms with Gasteiger partial charge in [-0.2, -0.15) is 5.10 Å². The van der Waals surface area contributed by atoms with Gasteiger partial charge in [-0.15, -0.1) is 0 Å². The highest BCUT2D eigenvalue weighted by molar-refractivity contribution is 7.21. The maximum atomic E-state index is 14.4. The molecule has 6 rings (SSSR count). The maximum Gasteiger partial charge on any atom is 0.333 e. The molecule has 0 spiro atoms. The molecular weight excluding hydrogens is 562 g/mol. The van der Waals surface area contributed by atoms with Gasteiger partial charge in [-0.05, 0) is 38.7 Å². The molecule has 42 heavy (non-hydrogen) atoms. The molecule has 13 heteroatoms. The summed E-state index contributed by atoms with van der Waals surface area (Å²) in [6, 6.07) is 7.48. The lowest BCUT2D eigenvalue weighted by Gasteiger charge is -2.30. The molecule has 1 atom stereocenters. The Morgan fingerprint density at radius 3 is 2.62 bits per heavy atom. The number of benzene rings is 1. The normalized spacial score (nSPS) is 18.0. The molecule has 3 aromatic heterocycles. The van der Waals surface area contributed by atoms with E-state index in [1.165, 1.54) is 28.6 Å². The van der Waals surface area contributed by atoms with Crippen LogP contribution in [0.25, 0.3) is 15.2 Å². The Balaban J connectivity index is 1.60. The molecule has 1 saturated carbocycles. The number of nitrogens with zero attached hydrogens (tertiary/aromatic N) is 5. The molecule has 1 aliphatic carbocycles. The Morgan fingerprint density at radius 1 is 1.21 bits per heavy atom. The second kappa shape index (κ2) is 11.5. The third-order valence-corrected chi connectivity index (χ3v) is 9.73. The maximum absolute atomic E-state index is 14.4. The highest BCUT2D eigenvalue weighted by atomic mass is 32.1. The molecule has 0 unspecified atom stereocenters. The number of para-hydroxylation sites is 1. The third-order valence-electron chi connectivity index (χ3n) is 8.43. The minimum absolute atomic E-state index is 0.0415. The number of hydrogen-bond acceptors (Lipinski definition) is 9. The topological polar surface area (TPSA) is 140 Å². The first-order valence-electron chi connectivity index (χ1n) is 14.1. The van der Waals surface area contributed by atoms with Crippen molar-refractivity contribution in [2.24, 2.45) is 0 Å². The van der Waals surface area contributed by atoms with E-state index in [9.17, 15) is 19.5 Å². The first-order chi connectivity index (χ1) is 20.4. The summed E-state index contributed by atoms with van der Waals surface area (Å²) < 4.78 is 21.9. The molecule has 1 saturated heterocycles. The average molecular weight is 596 g/mol. The van der Waals surface area contributed by atoms with Gasteiger partial charge in [-0.3, -0.25) is 9.36 Å². The second-order valence-corrected chi connectivity index (χ2v) is 11.8. The second-order valence-electron chi connectivity index (χ2n) is 10.8. The SMILES string of the molecule is COc1ccccc1[C@H](Cn1c(=O)n(C2(C(=O)O)CCCC2)c(=O)c2c(C)c(-n3cncn3)sc21)OC1CCOCC1. The number of carbonyl (C=O) groups is 1. The lowest BCUT2D eigenvalue weighted by Crippen LogP contribution is -2.54. The Kier molecular flexibility index (Phi) is 7.73. The van der Waals surface area contributed by atoms with Gasteiger partial charge in [0.05, 0.1) is 25.1 Å². The van der Waals surface area contributed by atoms with E-state index in [1.54, 1.807) is 18.7 Å². The van der Waals surface area contributed by atoms with Crippen LogP contribution in [0.2, 0.25) is 0 Å². The molecule has 12 nitrogen and oxygen atoms in total. The van der Waals surface area contributed by atoms with Gasteiger partial charge in [0.2, 0.25) is 0 Å². The van der Waals surface area contributed by atoms with Crippen molar-refractivity contribution in [3.8, 4) is 10.8 Å². The largest absolute Gasteiger partial charge is 0.496 e. The predicted octanol–water partition coefficient (Wildman–Crippen LogP) is 3.41. The fourth-order valence-electron chi connectivity index (χ4n) is 6.26. The molecule has 1 aliphatic heterocycles. The van der Waals surface area contributed by atoms with Crippen LogP contribution >= 0.6 is 11.3 Å². The summed E-state index contributed by atoms with van der Waals surface area (Å²) in [4.78, 5) is 45.8. The molecule has 1 aromatic carbocycles. The van der Waals surface area contributed by atoms with Crippen LogP contribution in [0.15, 0.2) is 46.5 Å². The lowest BCUT2D eigenvalue weighted by molar-refractivity contribution is -0.147. The number of thiophene rings is 1. The number of methoxy groups -OCH3 is 1. The highest BCUT2D eigenvalue weighted by Crippen LogP contribution is 2.38. The van der Waals surface area contributed by atoms with E-state index >= 15 is 0 Å². The van der Waals surface area contributed by atoms with Crippen LogP contribution in [0.3, 0.4) is 0 Å². The van der Waals surface area contributed by atoms with Crippen molar-refractivity contribution in [1.82, 2.24) is 23.9 Å². The average Bonchev–Trinajstić information content (AvgIpc) is 3.77. The van der Waals surface area contributed by atoms with Crippen LogP contribution in [-0.2, 0) is 26.4 Å². The summed E-state index contributed by atoms with van der Waals surface area (Å²) in [5, 5.41) is 15.6. The molecule has 222 valence electrons. The first kappa shape index (κ1) is 28.3. The van der Waals surface area contributed by atoms with Crippen molar-refractivity contribution in [2.45, 2.75) is 69.7 Å². The zero-order valence-corrected chi connectivity index (χ0v) is 24.3. The molecular formula is C29H33N5O7S. The van der Waals surface area contributed by atoms with Crippen LogP contribution in [0.1, 0.15) is 55.8 Å². The fraction of sp³-hybridized carbons (Fsp3) is 0.483. The number of carboxylic acid groups (broad SMARTS) is 1. The van der Waals surface area contributed by atoms with Gasteiger partial charge in [0.15, 0.2) is 0 Å². The number of aromatic nitrogens is 5. The Hall–Kier alpha value is -3.81. The van der Waals surface area contributed by atoms with Crippen LogP contribution in [0.4, 0.5) is 0 Å². The zero-order chi connectivity index (χ0) is 29.4. The van der Waals surface area contributed by atoms with Gasteiger partial charge in [-0.1, -0.05) is 42.4 Å². The van der Waals surface area contributed by atoms with Gasteiger partial charge in [0.25, 0.3) is 5.56 Å². The summed E-state index contributed by atoms with van der Waals surface area (Å²) in [5.74, 6) is -0.565. The van der Waals surface area contributed by atoms with Crippen molar-refractivity contribution >= 4 is 27.5 Å². The van der Waals surface area contributed by atoms with Crippen molar-refractivity contribution in [1.29, 1.82) is 0 Å². The molecule has 0 radical (unpaired) electrons. The minimum Gasteiger partial charge on any atom is -0.496 e. The quantitative estimate of drug-likeness (QED) is 0.308. The van der Waals surface area contributed by atoms with E-state index in [2.05, 4.69) is 10.1 Å². The number of rotatable bonds is 9. The van der Waals surface area contributed by atoms with Crippen LogP contribution in [-0.4, -0.2) is 61.4 Å². The van der Waals surface area contributed by atoms with Crippen LogP contribution in [0, 0.1) is 6.92 Å². The summed E-state index contributed by atoms with van der Waals surface area (Å²) in [6.07, 6.45) is 5.22. The Morgan fingerprint density at radius 2 is 1.95 bits per heavy atom. The molecule has 1 N–H and O–H groups in total. The van der Waals surface area contributed by atoms with E-state index in [4.69, 9.17) is 14.2 Å². The molecule has 2 aliphatic rings. The smallest absolute Gasteiger partial charge is 0.333 e. The molecule has 0 bridgehead atoms. The first-order valence-corrected chi connectivity index (χ1v) is 14.9. The standard InChI is InChI=1S/C29H33N5O7S/c1-18-23-24(35)34(29(27(36)37)11-5-6-12-29)28(38)32(26(23)42-25(18)33-17-30-16-31-33)15-22(41-19-9-13-40-14-10-19)20-7-3-4-8-21(20)39-2/h3-4,7-8,16-17,19,22H,5-6,9-15H2,1-2H3,(H,36,37)/t22-/m0/s1. The number of ether oxygens (including phenoxy) is 3. The van der Waals surface area contributed by atoms with Gasteiger partial charge in [-0.25, -0.2) is 23.8 Å². The zero-order valence-electron chi connectivity index (χ0n) is 23.5. The molecule has 2 fully saturated rings. The third kappa shape index (κ3) is 4.74. The molecule has 0 amide bonds. The molecule has 4 heterocycles. The fourth-order valence-corrected chi connectivity index (χ4v) is 7.49. The monoisotopic (exact) mass is 595 g/mol. The lowest BCUT2D eigenvalue weighted by atomic mass is 9.97. The van der Waals surface area contributed by atoms with Crippen molar-refractivity contribution in [3.63, 3.8) is 0 Å². The van der Waals surface area contributed by atoms with Crippen molar-refractivity contribution in [2.75, 3.05) is 20.3 Å². The van der Waals surface area contributed by atoms with E-state index < -0.39 is 28.9 Å². The van der Waals surface area contributed by atoms with Crippen LogP contribution < -0.4 is 16.0 Å². The predicted molar refractivity (Wildman–Crippen MR) is 155 cm³/mol. The number of fused-ring (bicyclic) bond motifs is 1. The number of hydrogen-bond donors (Lipinski definition) is 1. The number of aliphatic carboxylic acids is 1. The van der Waals surface area contributed by atoms with E-state index in [0.717, 1.165) is 10.1 Å². The Bertz CT molecular complexity index is 1710. The van der Waals surface area contributed by atoms with Gasteiger partial charge in [0, 0.05) is 24.3 Å². The van der Waals surface area contributed by atoms with Gasteiger partial charge >= 0.3 is 11.7 Å². The van der Waals surface area contributed by atoms with Crippen LogP contribution in [0.5, 0.6) is 5.75 Å². The van der Waals surface area contributed by atoms with E-state index in [1.807, 2.05) is 24.3 Å². The minimum atomic E-state index is -1.62. The number of aryl methyl sites for hydroxylation is 1. The summed E-state index contributed by atoms with van der Waals surface area (Å²) >= 11 is 1.24. The summed E-state index contributed by atoms with van der Waals surface area (Å²) in [6.45, 7) is 2.98. The van der Waals surface area contributed by atoms with Crippen molar-refractivity contribution < 1.29 is 24.1 Å².